The van der Waals surface area contributed by atoms with Gasteiger partial charge in [-0.15, -0.1) is 12.4 Å². The van der Waals surface area contributed by atoms with Gasteiger partial charge in [0.05, 0.1) is 6.54 Å². The smallest absolute Gasteiger partial charge is 0.242 e. The summed E-state index contributed by atoms with van der Waals surface area (Å²) in [7, 11) is 1.71. The predicted molar refractivity (Wildman–Crippen MR) is 78.3 cm³/mol. The zero-order valence-corrected chi connectivity index (χ0v) is 13.1. The number of likely N-dealkylation sites (N-methyl/N-ethyl adjacent to an activating group) is 1. The van der Waals surface area contributed by atoms with E-state index < -0.39 is 0 Å². The molecule has 1 heterocycles. The molecule has 2 amide bonds. The molecule has 1 fully saturated rings. The number of hydrogen-bond acceptors (Lipinski definition) is 3. The zero-order chi connectivity index (χ0) is 13.7. The summed E-state index contributed by atoms with van der Waals surface area (Å²) in [6, 6.07) is 0. The number of nitrogens with zero attached hydrogens (tertiary/aromatic N) is 2. The van der Waals surface area contributed by atoms with Crippen molar-refractivity contribution in [3.05, 3.63) is 0 Å². The minimum absolute atomic E-state index is 0. The molecule has 19 heavy (non-hydrogen) atoms. The second-order valence-electron chi connectivity index (χ2n) is 5.36. The van der Waals surface area contributed by atoms with Crippen LogP contribution in [0.4, 0.5) is 0 Å². The summed E-state index contributed by atoms with van der Waals surface area (Å²) < 4.78 is 0. The highest BCUT2D eigenvalue weighted by atomic mass is 35.5. The van der Waals surface area contributed by atoms with Crippen LogP contribution in [0.1, 0.15) is 20.8 Å². The van der Waals surface area contributed by atoms with E-state index in [0.29, 0.717) is 5.92 Å². The van der Waals surface area contributed by atoms with E-state index in [9.17, 15) is 9.59 Å². The van der Waals surface area contributed by atoms with Gasteiger partial charge in [-0.05, 0) is 5.92 Å². The number of halogens is 1. The second kappa shape index (κ2) is 8.38. The van der Waals surface area contributed by atoms with Crippen molar-refractivity contribution < 1.29 is 9.59 Å². The van der Waals surface area contributed by atoms with Crippen LogP contribution in [0.25, 0.3) is 0 Å². The normalized spacial score (nSPS) is 16.8. The molecule has 1 N–H and O–H groups in total. The number of nitrogens with one attached hydrogen (secondary N) is 1. The molecule has 1 aliphatic heterocycles. The third kappa shape index (κ3) is 5.37. The van der Waals surface area contributed by atoms with Crippen LogP contribution >= 0.6 is 12.4 Å². The molecule has 0 aromatic rings. The number of amides is 2. The standard InChI is InChI=1S/C13H25N3O2.ClH/c1-10(2)11(3)13(18)15(4)9-12(17)16-7-5-14-6-8-16;/h10-11,14H,5-9H2,1-4H3;1H. The molecule has 1 atom stereocenters. The quantitative estimate of drug-likeness (QED) is 0.825. The third-order valence-electron chi connectivity index (χ3n) is 3.61. The highest BCUT2D eigenvalue weighted by molar-refractivity contribution is 5.86. The van der Waals surface area contributed by atoms with E-state index in [1.54, 1.807) is 11.9 Å². The third-order valence-corrected chi connectivity index (χ3v) is 3.61. The van der Waals surface area contributed by atoms with E-state index in [1.807, 2.05) is 25.7 Å². The van der Waals surface area contributed by atoms with Crippen molar-refractivity contribution in [2.45, 2.75) is 20.8 Å². The molecule has 1 rings (SSSR count). The Morgan fingerprint density at radius 1 is 1.21 bits per heavy atom. The lowest BCUT2D eigenvalue weighted by molar-refractivity contribution is -0.142. The summed E-state index contributed by atoms with van der Waals surface area (Å²) in [5.41, 5.74) is 0. The van der Waals surface area contributed by atoms with Gasteiger partial charge in [0.2, 0.25) is 11.8 Å². The van der Waals surface area contributed by atoms with E-state index in [2.05, 4.69) is 5.32 Å². The van der Waals surface area contributed by atoms with Crippen molar-refractivity contribution in [2.24, 2.45) is 11.8 Å². The van der Waals surface area contributed by atoms with Crippen LogP contribution in [0.15, 0.2) is 0 Å². The Bertz CT molecular complexity index is 304. The largest absolute Gasteiger partial charge is 0.339 e. The number of carbonyl (C=O) groups is 2. The molecule has 0 aromatic carbocycles. The zero-order valence-electron chi connectivity index (χ0n) is 12.3. The van der Waals surface area contributed by atoms with Crippen molar-refractivity contribution in [1.82, 2.24) is 15.1 Å². The SMILES string of the molecule is CC(C)C(C)C(=O)N(C)CC(=O)N1CCNCC1.Cl. The Labute approximate surface area is 122 Å². The van der Waals surface area contributed by atoms with Gasteiger partial charge >= 0.3 is 0 Å². The number of carbonyl (C=O) groups excluding carboxylic acids is 2. The van der Waals surface area contributed by atoms with Crippen LogP contribution in [0.3, 0.4) is 0 Å². The predicted octanol–water partition coefficient (Wildman–Crippen LogP) is 0.591. The Kier molecular flexibility index (Phi) is 8.02. The Morgan fingerprint density at radius 2 is 1.74 bits per heavy atom. The molecule has 1 unspecified atom stereocenters. The van der Waals surface area contributed by atoms with Gasteiger partial charge < -0.3 is 15.1 Å². The first-order chi connectivity index (χ1) is 8.43. The average Bonchev–Trinajstić information content (AvgIpc) is 2.37. The van der Waals surface area contributed by atoms with E-state index in [0.717, 1.165) is 26.2 Å². The van der Waals surface area contributed by atoms with Crippen LogP contribution in [0.5, 0.6) is 0 Å². The first-order valence-electron chi connectivity index (χ1n) is 6.67. The molecule has 1 saturated heterocycles. The van der Waals surface area contributed by atoms with Crippen LogP contribution in [0.2, 0.25) is 0 Å². The number of rotatable bonds is 4. The number of hydrogen-bond donors (Lipinski definition) is 1. The Hall–Kier alpha value is -0.810. The van der Waals surface area contributed by atoms with Crippen molar-refractivity contribution >= 4 is 24.2 Å². The first-order valence-corrected chi connectivity index (χ1v) is 6.67. The summed E-state index contributed by atoms with van der Waals surface area (Å²) in [4.78, 5) is 27.4. The van der Waals surface area contributed by atoms with Crippen LogP contribution in [-0.4, -0.2) is 61.4 Å². The van der Waals surface area contributed by atoms with Crippen molar-refractivity contribution in [3.63, 3.8) is 0 Å². The topological polar surface area (TPSA) is 52.7 Å². The fourth-order valence-corrected chi connectivity index (χ4v) is 1.93. The minimum atomic E-state index is -0.0363. The first kappa shape index (κ1) is 18.2. The lowest BCUT2D eigenvalue weighted by Crippen LogP contribution is -2.50. The fourth-order valence-electron chi connectivity index (χ4n) is 1.93. The maximum atomic E-state index is 12.0. The van der Waals surface area contributed by atoms with Gasteiger partial charge in [-0.1, -0.05) is 20.8 Å². The summed E-state index contributed by atoms with van der Waals surface area (Å²) in [5.74, 6) is 0.358. The molecule has 0 aromatic heterocycles. The van der Waals surface area contributed by atoms with Gasteiger partial charge in [0, 0.05) is 39.1 Å². The molecule has 0 saturated carbocycles. The Balaban J connectivity index is 0.00000324. The van der Waals surface area contributed by atoms with Crippen LogP contribution in [-0.2, 0) is 9.59 Å². The van der Waals surface area contributed by atoms with Crippen molar-refractivity contribution in [2.75, 3.05) is 39.8 Å². The summed E-state index contributed by atoms with van der Waals surface area (Å²) in [6.45, 7) is 9.30. The van der Waals surface area contributed by atoms with Gasteiger partial charge in [-0.2, -0.15) is 0 Å². The second-order valence-corrected chi connectivity index (χ2v) is 5.36. The molecule has 6 heteroatoms. The molecular formula is C13H26ClN3O2. The monoisotopic (exact) mass is 291 g/mol. The molecule has 1 aliphatic rings. The van der Waals surface area contributed by atoms with Crippen molar-refractivity contribution in [3.8, 4) is 0 Å². The van der Waals surface area contributed by atoms with E-state index >= 15 is 0 Å². The van der Waals surface area contributed by atoms with Crippen LogP contribution in [0, 0.1) is 11.8 Å². The van der Waals surface area contributed by atoms with Gasteiger partial charge in [-0.3, -0.25) is 9.59 Å². The van der Waals surface area contributed by atoms with Gasteiger partial charge in [0.1, 0.15) is 0 Å². The maximum absolute atomic E-state index is 12.0. The molecule has 5 nitrogen and oxygen atoms in total. The molecular weight excluding hydrogens is 266 g/mol. The van der Waals surface area contributed by atoms with Gasteiger partial charge in [0.15, 0.2) is 0 Å². The van der Waals surface area contributed by atoms with E-state index in [1.165, 1.54) is 0 Å². The fraction of sp³-hybridized carbons (Fsp3) is 0.846. The van der Waals surface area contributed by atoms with Crippen molar-refractivity contribution in [1.29, 1.82) is 0 Å². The highest BCUT2D eigenvalue weighted by Crippen LogP contribution is 2.12. The van der Waals surface area contributed by atoms with Gasteiger partial charge in [-0.25, -0.2) is 0 Å². The highest BCUT2D eigenvalue weighted by Gasteiger charge is 2.24. The van der Waals surface area contributed by atoms with Gasteiger partial charge in [0.25, 0.3) is 0 Å². The maximum Gasteiger partial charge on any atom is 0.242 e. The van der Waals surface area contributed by atoms with Crippen LogP contribution < -0.4 is 5.32 Å². The molecule has 112 valence electrons. The molecule has 0 bridgehead atoms. The lowest BCUT2D eigenvalue weighted by atomic mass is 9.97. The summed E-state index contributed by atoms with van der Waals surface area (Å²) in [5, 5.41) is 3.20. The minimum Gasteiger partial charge on any atom is -0.339 e. The summed E-state index contributed by atoms with van der Waals surface area (Å²) >= 11 is 0. The molecule has 0 aliphatic carbocycles. The lowest BCUT2D eigenvalue weighted by Gasteiger charge is -2.30. The number of piperazine rings is 1. The Morgan fingerprint density at radius 3 is 2.21 bits per heavy atom. The average molecular weight is 292 g/mol. The molecule has 0 radical (unpaired) electrons. The molecule has 0 spiro atoms. The van der Waals surface area contributed by atoms with E-state index in [-0.39, 0.29) is 36.7 Å². The summed E-state index contributed by atoms with van der Waals surface area (Å²) in [6.07, 6.45) is 0. The van der Waals surface area contributed by atoms with E-state index in [4.69, 9.17) is 0 Å².